The molecule has 5 heteroatoms. The zero-order valence-electron chi connectivity index (χ0n) is 15.8. The van der Waals surface area contributed by atoms with Crippen molar-refractivity contribution in [1.82, 2.24) is 10.2 Å². The fourth-order valence-electron chi connectivity index (χ4n) is 3.70. The Hall–Kier alpha value is -2.66. The van der Waals surface area contributed by atoms with E-state index in [4.69, 9.17) is 4.74 Å². The van der Waals surface area contributed by atoms with Crippen molar-refractivity contribution in [3.8, 4) is 0 Å². The summed E-state index contributed by atoms with van der Waals surface area (Å²) in [6, 6.07) is 18.5. The highest BCUT2D eigenvalue weighted by Gasteiger charge is 2.41. The van der Waals surface area contributed by atoms with E-state index in [0.717, 1.165) is 12.1 Å². The number of nitrogens with zero attached hydrogens (tertiary/aromatic N) is 1. The molecule has 0 unspecified atom stereocenters. The Morgan fingerprint density at radius 1 is 1.07 bits per heavy atom. The molecule has 0 spiro atoms. The number of amides is 1. The van der Waals surface area contributed by atoms with Gasteiger partial charge in [-0.05, 0) is 30.0 Å². The highest BCUT2D eigenvalue weighted by molar-refractivity contribution is 5.90. The number of likely N-dealkylation sites (N-methyl/N-ethyl adjacent to an activating group) is 1. The van der Waals surface area contributed by atoms with E-state index in [2.05, 4.69) is 17.1 Å². The fourth-order valence-corrected chi connectivity index (χ4v) is 3.70. The minimum atomic E-state index is -0.501. The smallest absolute Gasteiger partial charge is 0.338 e. The number of likely N-dealkylation sites (tertiary alicyclic amines) is 1. The summed E-state index contributed by atoms with van der Waals surface area (Å²) >= 11 is 0. The molecule has 1 heterocycles. The van der Waals surface area contributed by atoms with Crippen LogP contribution in [0.25, 0.3) is 0 Å². The molecule has 0 aliphatic carbocycles. The molecule has 5 nitrogen and oxygen atoms in total. The molecule has 1 N–H and O–H groups in total. The van der Waals surface area contributed by atoms with Gasteiger partial charge in [-0.25, -0.2) is 4.79 Å². The van der Waals surface area contributed by atoms with Crippen LogP contribution in [-0.2, 0) is 16.1 Å². The summed E-state index contributed by atoms with van der Waals surface area (Å²) < 4.78 is 5.81. The number of hydrogen-bond donors (Lipinski definition) is 1. The zero-order valence-corrected chi connectivity index (χ0v) is 15.8. The number of carbonyl (C=O) groups excluding carboxylic acids is 2. The molecule has 1 aliphatic heterocycles. The van der Waals surface area contributed by atoms with Gasteiger partial charge in [0.2, 0.25) is 5.91 Å². The van der Waals surface area contributed by atoms with Crippen molar-refractivity contribution < 1.29 is 14.3 Å². The number of esters is 1. The summed E-state index contributed by atoms with van der Waals surface area (Å²) in [7, 11) is 1.62. The standard InChI is InChI=1S/C22H26N2O3/c1-16-13-19(27-22(26)18-11-7-4-8-12-18)20(21(25)23-2)24(14-16)15-17-9-5-3-6-10-17/h3-12,16,19-20H,13-15H2,1-2H3,(H,23,25)/t16-,19-,20-/m0/s1. The Kier molecular flexibility index (Phi) is 6.24. The van der Waals surface area contributed by atoms with Crippen molar-refractivity contribution in [3.63, 3.8) is 0 Å². The first kappa shape index (κ1) is 19.1. The molecule has 142 valence electrons. The Morgan fingerprint density at radius 2 is 1.70 bits per heavy atom. The molecule has 2 aromatic carbocycles. The minimum absolute atomic E-state index is 0.122. The van der Waals surface area contributed by atoms with Crippen LogP contribution in [0.15, 0.2) is 60.7 Å². The Morgan fingerprint density at radius 3 is 2.33 bits per heavy atom. The van der Waals surface area contributed by atoms with Gasteiger partial charge in [-0.3, -0.25) is 9.69 Å². The molecule has 0 saturated carbocycles. The Bertz CT molecular complexity index is 764. The summed E-state index contributed by atoms with van der Waals surface area (Å²) in [6.45, 7) is 3.55. The maximum Gasteiger partial charge on any atom is 0.338 e. The average Bonchev–Trinajstić information content (AvgIpc) is 2.68. The van der Waals surface area contributed by atoms with Gasteiger partial charge >= 0.3 is 5.97 Å². The number of rotatable bonds is 5. The third kappa shape index (κ3) is 4.74. The molecule has 27 heavy (non-hydrogen) atoms. The molecule has 0 aromatic heterocycles. The average molecular weight is 366 g/mol. The summed E-state index contributed by atoms with van der Waals surface area (Å²) in [5.74, 6) is -0.185. The lowest BCUT2D eigenvalue weighted by atomic mass is 9.90. The first-order chi connectivity index (χ1) is 13.1. The van der Waals surface area contributed by atoms with Crippen molar-refractivity contribution >= 4 is 11.9 Å². The number of ether oxygens (including phenoxy) is 1. The second kappa shape index (κ2) is 8.82. The number of hydrogen-bond acceptors (Lipinski definition) is 4. The second-order valence-corrected chi connectivity index (χ2v) is 7.12. The molecule has 0 bridgehead atoms. The highest BCUT2D eigenvalue weighted by atomic mass is 16.5. The highest BCUT2D eigenvalue weighted by Crippen LogP contribution is 2.27. The summed E-state index contributed by atoms with van der Waals surface area (Å²) in [6.07, 6.45) is 0.187. The predicted octanol–water partition coefficient (Wildman–Crippen LogP) is 2.87. The third-order valence-electron chi connectivity index (χ3n) is 4.94. The van der Waals surface area contributed by atoms with Gasteiger partial charge in [0.1, 0.15) is 12.1 Å². The van der Waals surface area contributed by atoms with E-state index in [0.29, 0.717) is 24.4 Å². The van der Waals surface area contributed by atoms with E-state index in [1.54, 1.807) is 31.3 Å². The van der Waals surface area contributed by atoms with Gasteiger partial charge in [-0.15, -0.1) is 0 Å². The van der Waals surface area contributed by atoms with Gasteiger partial charge in [0, 0.05) is 20.1 Å². The van der Waals surface area contributed by atoms with Crippen LogP contribution >= 0.6 is 0 Å². The van der Waals surface area contributed by atoms with Crippen LogP contribution in [-0.4, -0.2) is 42.5 Å². The van der Waals surface area contributed by atoms with Crippen molar-refractivity contribution in [2.75, 3.05) is 13.6 Å². The van der Waals surface area contributed by atoms with Crippen LogP contribution in [0, 0.1) is 5.92 Å². The summed E-state index contributed by atoms with van der Waals surface area (Å²) in [4.78, 5) is 27.3. The summed E-state index contributed by atoms with van der Waals surface area (Å²) in [5.41, 5.74) is 1.63. The molecular weight excluding hydrogens is 340 g/mol. The van der Waals surface area contributed by atoms with E-state index >= 15 is 0 Å². The Labute approximate surface area is 160 Å². The van der Waals surface area contributed by atoms with Crippen LogP contribution in [0.1, 0.15) is 29.3 Å². The quantitative estimate of drug-likeness (QED) is 0.827. The summed E-state index contributed by atoms with van der Waals surface area (Å²) in [5, 5.41) is 2.74. The van der Waals surface area contributed by atoms with E-state index in [1.165, 1.54) is 0 Å². The number of piperidine rings is 1. The third-order valence-corrected chi connectivity index (χ3v) is 4.94. The van der Waals surface area contributed by atoms with Gasteiger partial charge in [0.15, 0.2) is 0 Å². The maximum absolute atomic E-state index is 12.7. The van der Waals surface area contributed by atoms with Gasteiger partial charge < -0.3 is 10.1 Å². The first-order valence-electron chi connectivity index (χ1n) is 9.34. The largest absolute Gasteiger partial charge is 0.457 e. The molecular formula is C22H26N2O3. The molecule has 1 amide bonds. The van der Waals surface area contributed by atoms with Crippen LogP contribution in [0.2, 0.25) is 0 Å². The van der Waals surface area contributed by atoms with Crippen molar-refractivity contribution in [2.24, 2.45) is 5.92 Å². The molecule has 2 aromatic rings. The van der Waals surface area contributed by atoms with Crippen molar-refractivity contribution in [2.45, 2.75) is 32.0 Å². The normalized spacial score (nSPS) is 22.8. The van der Waals surface area contributed by atoms with Crippen molar-refractivity contribution in [1.29, 1.82) is 0 Å². The SMILES string of the molecule is CNC(=O)[C@@H]1[C@@H](OC(=O)c2ccccc2)C[C@H](C)CN1Cc1ccccc1. The van der Waals surface area contributed by atoms with Gasteiger partial charge in [0.05, 0.1) is 5.56 Å². The van der Waals surface area contributed by atoms with E-state index in [-0.39, 0.29) is 11.9 Å². The zero-order chi connectivity index (χ0) is 19.2. The molecule has 0 radical (unpaired) electrons. The van der Waals surface area contributed by atoms with E-state index in [9.17, 15) is 9.59 Å². The molecule has 1 aliphatic rings. The monoisotopic (exact) mass is 366 g/mol. The lowest BCUT2D eigenvalue weighted by molar-refractivity contribution is -0.134. The van der Waals surface area contributed by atoms with E-state index in [1.807, 2.05) is 36.4 Å². The van der Waals surface area contributed by atoms with Gasteiger partial charge in [-0.2, -0.15) is 0 Å². The topological polar surface area (TPSA) is 58.6 Å². The van der Waals surface area contributed by atoms with Gasteiger partial charge in [-0.1, -0.05) is 55.5 Å². The lowest BCUT2D eigenvalue weighted by Gasteiger charge is -2.42. The first-order valence-corrected chi connectivity index (χ1v) is 9.34. The lowest BCUT2D eigenvalue weighted by Crippen LogP contribution is -2.58. The molecule has 3 atom stereocenters. The maximum atomic E-state index is 12.7. The van der Waals surface area contributed by atoms with Crippen LogP contribution in [0.3, 0.4) is 0 Å². The van der Waals surface area contributed by atoms with Crippen molar-refractivity contribution in [3.05, 3.63) is 71.8 Å². The van der Waals surface area contributed by atoms with Crippen LogP contribution < -0.4 is 5.32 Å². The van der Waals surface area contributed by atoms with Crippen LogP contribution in [0.5, 0.6) is 0 Å². The molecule has 1 fully saturated rings. The molecule has 1 saturated heterocycles. The number of benzene rings is 2. The number of nitrogens with one attached hydrogen (secondary N) is 1. The minimum Gasteiger partial charge on any atom is -0.457 e. The van der Waals surface area contributed by atoms with Gasteiger partial charge in [0.25, 0.3) is 0 Å². The fraction of sp³-hybridized carbons (Fsp3) is 0.364. The van der Waals surface area contributed by atoms with Crippen LogP contribution in [0.4, 0.5) is 0 Å². The molecule has 3 rings (SSSR count). The number of carbonyl (C=O) groups is 2. The predicted molar refractivity (Wildman–Crippen MR) is 104 cm³/mol. The Balaban J connectivity index is 1.82. The van der Waals surface area contributed by atoms with E-state index < -0.39 is 12.1 Å². The second-order valence-electron chi connectivity index (χ2n) is 7.12.